The molecule has 0 heterocycles. The topological polar surface area (TPSA) is 101 Å². The van der Waals surface area contributed by atoms with E-state index < -0.39 is 10.0 Å². The molecule has 20 heavy (non-hydrogen) atoms. The Morgan fingerprint density at radius 2 is 1.90 bits per heavy atom. The van der Waals surface area contributed by atoms with Gasteiger partial charge in [0.25, 0.3) is 0 Å². The largest absolute Gasteiger partial charge is 0.352 e. The van der Waals surface area contributed by atoms with Crippen LogP contribution in [0.15, 0.2) is 35.2 Å². The van der Waals surface area contributed by atoms with Gasteiger partial charge in [-0.1, -0.05) is 18.2 Å². The second-order valence-electron chi connectivity index (χ2n) is 4.17. The molecule has 0 aliphatic heterocycles. The quantitative estimate of drug-likeness (QED) is 0.669. The van der Waals surface area contributed by atoms with Crippen LogP contribution >= 0.6 is 12.4 Å². The Balaban J connectivity index is 0.00000361. The summed E-state index contributed by atoms with van der Waals surface area (Å²) in [6, 6.07) is 7.91. The lowest BCUT2D eigenvalue weighted by molar-refractivity contribution is -0.121. The maximum Gasteiger partial charge on any atom is 0.240 e. The van der Waals surface area contributed by atoms with Crippen LogP contribution in [-0.2, 0) is 14.8 Å². The van der Waals surface area contributed by atoms with Crippen molar-refractivity contribution in [2.24, 2.45) is 5.73 Å². The van der Waals surface area contributed by atoms with Gasteiger partial charge in [0.2, 0.25) is 15.9 Å². The monoisotopic (exact) mass is 321 g/mol. The molecule has 4 N–H and O–H groups in total. The van der Waals surface area contributed by atoms with E-state index in [9.17, 15) is 13.2 Å². The molecule has 0 unspecified atom stereocenters. The number of carbonyl (C=O) groups excluding carboxylic acids is 1. The molecule has 1 rings (SSSR count). The van der Waals surface area contributed by atoms with Crippen molar-refractivity contribution in [2.45, 2.75) is 24.3 Å². The van der Waals surface area contributed by atoms with Crippen molar-refractivity contribution in [1.82, 2.24) is 10.0 Å². The summed E-state index contributed by atoms with van der Waals surface area (Å²) in [6.07, 6.45) is 0.0798. The van der Waals surface area contributed by atoms with Crippen LogP contribution in [0.5, 0.6) is 0 Å². The summed E-state index contributed by atoms with van der Waals surface area (Å²) >= 11 is 0. The predicted octanol–water partition coefficient (Wildman–Crippen LogP) is 0.240. The van der Waals surface area contributed by atoms with Gasteiger partial charge in [0.15, 0.2) is 0 Å². The first-order valence-electron chi connectivity index (χ1n) is 6.00. The van der Waals surface area contributed by atoms with Crippen LogP contribution in [0, 0.1) is 0 Å². The minimum atomic E-state index is -3.54. The smallest absolute Gasteiger partial charge is 0.240 e. The third-order valence-corrected chi connectivity index (χ3v) is 3.94. The molecular formula is C12H20ClN3O3S. The summed E-state index contributed by atoms with van der Waals surface area (Å²) in [5, 5.41) is 2.66. The summed E-state index contributed by atoms with van der Waals surface area (Å²) in [5.41, 5.74) is 5.37. The van der Waals surface area contributed by atoms with Gasteiger partial charge in [-0.3, -0.25) is 4.79 Å². The van der Waals surface area contributed by atoms with Crippen LogP contribution in [0.2, 0.25) is 0 Å². The van der Waals surface area contributed by atoms with E-state index in [0.29, 0.717) is 6.54 Å². The molecule has 0 aliphatic carbocycles. The zero-order valence-electron chi connectivity index (χ0n) is 11.2. The zero-order valence-corrected chi connectivity index (χ0v) is 12.8. The highest BCUT2D eigenvalue weighted by Gasteiger charge is 2.13. The first kappa shape index (κ1) is 18.9. The van der Waals surface area contributed by atoms with Crippen molar-refractivity contribution in [3.63, 3.8) is 0 Å². The lowest BCUT2D eigenvalue weighted by Crippen LogP contribution is -2.39. The molecule has 0 fully saturated rings. The number of hydrogen-bond donors (Lipinski definition) is 3. The number of hydrogen-bond acceptors (Lipinski definition) is 4. The standard InChI is InChI=1S/C12H19N3O3S.ClH/c1-10(9-13)15-12(16)7-8-14-19(17,18)11-5-3-2-4-6-11;/h2-6,10,14H,7-9,13H2,1H3,(H,15,16);1H/t10-;/m0./s1. The minimum Gasteiger partial charge on any atom is -0.352 e. The van der Waals surface area contributed by atoms with E-state index in [0.717, 1.165) is 0 Å². The van der Waals surface area contributed by atoms with E-state index in [1.165, 1.54) is 12.1 Å². The molecule has 1 aromatic carbocycles. The van der Waals surface area contributed by atoms with Crippen LogP contribution in [0.25, 0.3) is 0 Å². The maximum absolute atomic E-state index is 11.8. The average molecular weight is 322 g/mol. The van der Waals surface area contributed by atoms with Gasteiger partial charge in [0.05, 0.1) is 4.90 Å². The Morgan fingerprint density at radius 1 is 1.30 bits per heavy atom. The van der Waals surface area contributed by atoms with Crippen molar-refractivity contribution < 1.29 is 13.2 Å². The van der Waals surface area contributed by atoms with Gasteiger partial charge >= 0.3 is 0 Å². The number of rotatable bonds is 7. The van der Waals surface area contributed by atoms with E-state index in [1.54, 1.807) is 25.1 Å². The second kappa shape index (κ2) is 8.91. The Labute approximate surface area is 125 Å². The Morgan fingerprint density at radius 3 is 2.45 bits per heavy atom. The summed E-state index contributed by atoms with van der Waals surface area (Å²) < 4.78 is 26.0. The van der Waals surface area contributed by atoms with E-state index in [4.69, 9.17) is 5.73 Å². The molecular weight excluding hydrogens is 302 g/mol. The molecule has 0 saturated heterocycles. The number of sulfonamides is 1. The van der Waals surface area contributed by atoms with Gasteiger partial charge in [-0.2, -0.15) is 0 Å². The Hall–Kier alpha value is -1.15. The fourth-order valence-electron chi connectivity index (χ4n) is 1.39. The van der Waals surface area contributed by atoms with Crippen molar-refractivity contribution in [3.8, 4) is 0 Å². The van der Waals surface area contributed by atoms with Crippen molar-refractivity contribution in [1.29, 1.82) is 0 Å². The number of amides is 1. The van der Waals surface area contributed by atoms with Gasteiger partial charge in [-0.05, 0) is 19.1 Å². The number of benzene rings is 1. The maximum atomic E-state index is 11.8. The highest BCUT2D eigenvalue weighted by molar-refractivity contribution is 7.89. The number of carbonyl (C=O) groups is 1. The molecule has 1 aromatic rings. The molecule has 114 valence electrons. The van der Waals surface area contributed by atoms with Crippen LogP contribution in [-0.4, -0.2) is 33.5 Å². The van der Waals surface area contributed by atoms with Crippen molar-refractivity contribution >= 4 is 28.3 Å². The zero-order chi connectivity index (χ0) is 14.3. The fourth-order valence-corrected chi connectivity index (χ4v) is 2.44. The minimum absolute atomic E-state index is 0. The van der Waals surface area contributed by atoms with Crippen LogP contribution < -0.4 is 15.8 Å². The lowest BCUT2D eigenvalue weighted by Gasteiger charge is -2.11. The van der Waals surface area contributed by atoms with Crippen LogP contribution in [0.4, 0.5) is 0 Å². The average Bonchev–Trinajstić information content (AvgIpc) is 2.39. The van der Waals surface area contributed by atoms with Gasteiger partial charge in [-0.15, -0.1) is 12.4 Å². The molecule has 1 amide bonds. The predicted molar refractivity (Wildman–Crippen MR) is 80.2 cm³/mol. The van der Waals surface area contributed by atoms with E-state index >= 15 is 0 Å². The van der Waals surface area contributed by atoms with E-state index in [-0.39, 0.29) is 42.2 Å². The van der Waals surface area contributed by atoms with Crippen molar-refractivity contribution in [3.05, 3.63) is 30.3 Å². The first-order chi connectivity index (χ1) is 8.95. The van der Waals surface area contributed by atoms with E-state index in [2.05, 4.69) is 10.0 Å². The van der Waals surface area contributed by atoms with E-state index in [1.807, 2.05) is 0 Å². The third kappa shape index (κ3) is 6.33. The molecule has 8 heteroatoms. The van der Waals surface area contributed by atoms with Gasteiger partial charge in [-0.25, -0.2) is 13.1 Å². The number of nitrogens with two attached hydrogens (primary N) is 1. The molecule has 0 bridgehead atoms. The SMILES string of the molecule is C[C@@H](CN)NC(=O)CCNS(=O)(=O)c1ccccc1.Cl. The summed E-state index contributed by atoms with van der Waals surface area (Å²) in [4.78, 5) is 11.6. The molecule has 0 saturated carbocycles. The molecule has 0 radical (unpaired) electrons. The van der Waals surface area contributed by atoms with Crippen LogP contribution in [0.1, 0.15) is 13.3 Å². The number of nitrogens with one attached hydrogen (secondary N) is 2. The molecule has 6 nitrogen and oxygen atoms in total. The lowest BCUT2D eigenvalue weighted by atomic mass is 10.3. The Kier molecular flexibility index (Phi) is 8.40. The number of halogens is 1. The summed E-state index contributed by atoms with van der Waals surface area (Å²) in [6.45, 7) is 2.19. The van der Waals surface area contributed by atoms with Crippen LogP contribution in [0.3, 0.4) is 0 Å². The highest BCUT2D eigenvalue weighted by Crippen LogP contribution is 2.06. The second-order valence-corrected chi connectivity index (χ2v) is 5.93. The summed E-state index contributed by atoms with van der Waals surface area (Å²) in [7, 11) is -3.54. The third-order valence-electron chi connectivity index (χ3n) is 2.46. The highest BCUT2D eigenvalue weighted by atomic mass is 35.5. The molecule has 0 aliphatic rings. The van der Waals surface area contributed by atoms with Gasteiger partial charge in [0, 0.05) is 25.6 Å². The molecule has 0 spiro atoms. The Bertz CT molecular complexity index is 508. The molecule has 1 atom stereocenters. The molecule has 0 aromatic heterocycles. The first-order valence-corrected chi connectivity index (χ1v) is 7.48. The van der Waals surface area contributed by atoms with Gasteiger partial charge in [0.1, 0.15) is 0 Å². The van der Waals surface area contributed by atoms with Gasteiger partial charge < -0.3 is 11.1 Å². The normalized spacial score (nSPS) is 12.3. The fraction of sp³-hybridized carbons (Fsp3) is 0.417. The summed E-state index contributed by atoms with van der Waals surface area (Å²) in [5.74, 6) is -0.228. The van der Waals surface area contributed by atoms with Crippen molar-refractivity contribution in [2.75, 3.05) is 13.1 Å².